The van der Waals surface area contributed by atoms with Crippen LogP contribution in [0, 0.1) is 0 Å². The molecule has 1 amide bonds. The van der Waals surface area contributed by atoms with Gasteiger partial charge in [-0.25, -0.2) is 0 Å². The Balaban J connectivity index is 2.34. The number of amides is 1. The maximum atomic E-state index is 12.0. The minimum absolute atomic E-state index is 0.269. The number of ether oxygens (including phenoxy) is 1. The zero-order valence-electron chi connectivity index (χ0n) is 10.6. The molecular weight excluding hydrogens is 204 g/mol. The Morgan fingerprint density at radius 3 is 2.25 bits per heavy atom. The first-order chi connectivity index (χ1) is 7.77. The number of hydrogen-bond acceptors (Lipinski definition) is 3. The summed E-state index contributed by atoms with van der Waals surface area (Å²) in [4.78, 5) is 16.2. The van der Waals surface area contributed by atoms with Gasteiger partial charge in [-0.2, -0.15) is 0 Å². The summed E-state index contributed by atoms with van der Waals surface area (Å²) >= 11 is 0. The summed E-state index contributed by atoms with van der Waals surface area (Å²) in [5.41, 5.74) is 0. The lowest BCUT2D eigenvalue weighted by Gasteiger charge is -2.29. The molecule has 1 heterocycles. The van der Waals surface area contributed by atoms with Crippen molar-refractivity contribution in [3.05, 3.63) is 0 Å². The molecule has 0 aromatic heterocycles. The van der Waals surface area contributed by atoms with Crippen molar-refractivity contribution in [2.45, 2.75) is 26.7 Å². The van der Waals surface area contributed by atoms with E-state index in [4.69, 9.17) is 4.74 Å². The van der Waals surface area contributed by atoms with E-state index in [-0.39, 0.29) is 5.91 Å². The van der Waals surface area contributed by atoms with Gasteiger partial charge in [0.2, 0.25) is 5.91 Å². The fraction of sp³-hybridized carbons (Fsp3) is 0.917. The Morgan fingerprint density at radius 2 is 1.75 bits per heavy atom. The molecule has 0 aromatic rings. The topological polar surface area (TPSA) is 32.8 Å². The van der Waals surface area contributed by atoms with Gasteiger partial charge in [0.1, 0.15) is 0 Å². The first kappa shape index (κ1) is 13.5. The Hall–Kier alpha value is -0.610. The number of carbonyl (C=O) groups excluding carboxylic acids is 1. The van der Waals surface area contributed by atoms with Crippen molar-refractivity contribution < 1.29 is 9.53 Å². The van der Waals surface area contributed by atoms with Crippen LogP contribution in [0.4, 0.5) is 0 Å². The molecule has 0 unspecified atom stereocenters. The molecule has 0 atom stereocenters. The van der Waals surface area contributed by atoms with Crippen molar-refractivity contribution in [2.24, 2.45) is 0 Å². The van der Waals surface area contributed by atoms with Gasteiger partial charge in [0.15, 0.2) is 0 Å². The minimum atomic E-state index is 0.269. The second-order valence-corrected chi connectivity index (χ2v) is 4.27. The summed E-state index contributed by atoms with van der Waals surface area (Å²) in [6.45, 7) is 9.85. The van der Waals surface area contributed by atoms with E-state index in [1.807, 2.05) is 4.90 Å². The van der Waals surface area contributed by atoms with Crippen molar-refractivity contribution in [3.8, 4) is 0 Å². The van der Waals surface area contributed by atoms with Gasteiger partial charge >= 0.3 is 0 Å². The number of morpholine rings is 1. The molecule has 1 aliphatic heterocycles. The summed E-state index contributed by atoms with van der Waals surface area (Å²) in [5.74, 6) is 0.269. The van der Waals surface area contributed by atoms with E-state index in [9.17, 15) is 4.79 Å². The van der Waals surface area contributed by atoms with Crippen LogP contribution in [0.1, 0.15) is 26.7 Å². The maximum Gasteiger partial charge on any atom is 0.236 e. The molecule has 0 radical (unpaired) electrons. The summed E-state index contributed by atoms with van der Waals surface area (Å²) in [6.07, 6.45) is 2.07. The summed E-state index contributed by atoms with van der Waals surface area (Å²) in [6, 6.07) is 0. The third-order valence-corrected chi connectivity index (χ3v) is 2.80. The molecule has 94 valence electrons. The first-order valence-corrected chi connectivity index (χ1v) is 6.35. The minimum Gasteiger partial charge on any atom is -0.379 e. The molecule has 4 nitrogen and oxygen atoms in total. The zero-order chi connectivity index (χ0) is 11.8. The highest BCUT2D eigenvalue weighted by molar-refractivity contribution is 5.78. The second kappa shape index (κ2) is 7.63. The molecule has 0 saturated carbocycles. The Bertz CT molecular complexity index is 197. The molecule has 1 fully saturated rings. The van der Waals surface area contributed by atoms with Crippen molar-refractivity contribution in [1.29, 1.82) is 0 Å². The molecule has 1 rings (SSSR count). The highest BCUT2D eigenvalue weighted by Gasteiger charge is 2.17. The van der Waals surface area contributed by atoms with Gasteiger partial charge < -0.3 is 9.64 Å². The van der Waals surface area contributed by atoms with E-state index in [1.54, 1.807) is 0 Å². The maximum absolute atomic E-state index is 12.0. The van der Waals surface area contributed by atoms with E-state index in [2.05, 4.69) is 18.7 Å². The molecule has 0 bridgehead atoms. The molecular formula is C12H24N2O2. The molecule has 16 heavy (non-hydrogen) atoms. The lowest BCUT2D eigenvalue weighted by molar-refractivity contribution is -0.133. The average Bonchev–Trinajstić information content (AvgIpc) is 2.30. The third-order valence-electron chi connectivity index (χ3n) is 2.80. The van der Waals surface area contributed by atoms with E-state index in [0.29, 0.717) is 6.54 Å². The Morgan fingerprint density at radius 1 is 1.19 bits per heavy atom. The van der Waals surface area contributed by atoms with Crippen molar-refractivity contribution in [2.75, 3.05) is 45.9 Å². The quantitative estimate of drug-likeness (QED) is 0.679. The van der Waals surface area contributed by atoms with Crippen LogP contribution in [0.25, 0.3) is 0 Å². The molecule has 1 aliphatic rings. The molecule has 0 spiro atoms. The Kier molecular flexibility index (Phi) is 6.42. The van der Waals surface area contributed by atoms with Gasteiger partial charge in [0, 0.05) is 26.2 Å². The van der Waals surface area contributed by atoms with Gasteiger partial charge in [-0.05, 0) is 12.8 Å². The summed E-state index contributed by atoms with van der Waals surface area (Å²) < 4.78 is 5.27. The molecule has 0 N–H and O–H groups in total. The smallest absolute Gasteiger partial charge is 0.236 e. The normalized spacial score (nSPS) is 17.4. The van der Waals surface area contributed by atoms with Crippen LogP contribution in [0.5, 0.6) is 0 Å². The van der Waals surface area contributed by atoms with Crippen LogP contribution in [-0.2, 0) is 9.53 Å². The predicted octanol–water partition coefficient (Wildman–Crippen LogP) is 0.967. The van der Waals surface area contributed by atoms with Crippen molar-refractivity contribution in [3.63, 3.8) is 0 Å². The highest BCUT2D eigenvalue weighted by atomic mass is 16.5. The summed E-state index contributed by atoms with van der Waals surface area (Å²) in [7, 11) is 0. The molecule has 0 aromatic carbocycles. The van der Waals surface area contributed by atoms with E-state index in [0.717, 1.165) is 52.2 Å². The lowest BCUT2D eigenvalue weighted by atomic mass is 10.3. The molecule has 1 saturated heterocycles. The van der Waals surface area contributed by atoms with Crippen LogP contribution < -0.4 is 0 Å². The number of hydrogen-bond donors (Lipinski definition) is 0. The van der Waals surface area contributed by atoms with Crippen LogP contribution in [0.15, 0.2) is 0 Å². The largest absolute Gasteiger partial charge is 0.379 e. The number of nitrogens with zero attached hydrogens (tertiary/aromatic N) is 2. The molecule has 4 heteroatoms. The third kappa shape index (κ3) is 4.49. The van der Waals surface area contributed by atoms with Gasteiger partial charge in [0.25, 0.3) is 0 Å². The van der Waals surface area contributed by atoms with Gasteiger partial charge in [-0.1, -0.05) is 13.8 Å². The van der Waals surface area contributed by atoms with Crippen LogP contribution in [-0.4, -0.2) is 61.6 Å². The zero-order valence-corrected chi connectivity index (χ0v) is 10.6. The van der Waals surface area contributed by atoms with Gasteiger partial charge in [0.05, 0.1) is 19.8 Å². The van der Waals surface area contributed by atoms with Crippen LogP contribution in [0.2, 0.25) is 0 Å². The summed E-state index contributed by atoms with van der Waals surface area (Å²) in [5, 5.41) is 0. The average molecular weight is 228 g/mol. The van der Waals surface area contributed by atoms with Crippen LogP contribution in [0.3, 0.4) is 0 Å². The van der Waals surface area contributed by atoms with E-state index < -0.39 is 0 Å². The second-order valence-electron chi connectivity index (χ2n) is 4.27. The van der Waals surface area contributed by atoms with Crippen molar-refractivity contribution >= 4 is 5.91 Å². The van der Waals surface area contributed by atoms with Crippen LogP contribution >= 0.6 is 0 Å². The number of rotatable bonds is 6. The standard InChI is InChI=1S/C12H24N2O2/c1-3-5-14(6-4-2)12(15)11-13-7-9-16-10-8-13/h3-11H2,1-2H3. The molecule has 0 aliphatic carbocycles. The van der Waals surface area contributed by atoms with E-state index in [1.165, 1.54) is 0 Å². The van der Waals surface area contributed by atoms with Crippen molar-refractivity contribution in [1.82, 2.24) is 9.80 Å². The lowest BCUT2D eigenvalue weighted by Crippen LogP contribution is -2.45. The van der Waals surface area contributed by atoms with Gasteiger partial charge in [-0.15, -0.1) is 0 Å². The monoisotopic (exact) mass is 228 g/mol. The predicted molar refractivity (Wildman–Crippen MR) is 64.4 cm³/mol. The fourth-order valence-electron chi connectivity index (χ4n) is 1.95. The first-order valence-electron chi connectivity index (χ1n) is 6.35. The van der Waals surface area contributed by atoms with E-state index >= 15 is 0 Å². The highest BCUT2D eigenvalue weighted by Crippen LogP contribution is 2.01. The Labute approximate surface area is 98.5 Å². The van der Waals surface area contributed by atoms with Gasteiger partial charge in [-0.3, -0.25) is 9.69 Å². The fourth-order valence-corrected chi connectivity index (χ4v) is 1.95. The number of carbonyl (C=O) groups is 1. The SMILES string of the molecule is CCCN(CCC)C(=O)CN1CCOCC1.